The summed E-state index contributed by atoms with van der Waals surface area (Å²) in [5, 5.41) is 27.3. The molecule has 0 bridgehead atoms. The first kappa shape index (κ1) is 20.9. The van der Waals surface area contributed by atoms with E-state index in [0.717, 1.165) is 11.8 Å². The summed E-state index contributed by atoms with van der Waals surface area (Å²) in [5.41, 5.74) is 1.07. The first-order valence-electron chi connectivity index (χ1n) is 8.42. The van der Waals surface area contributed by atoms with E-state index < -0.39 is 10.9 Å². The zero-order valence-corrected chi connectivity index (χ0v) is 16.7. The van der Waals surface area contributed by atoms with E-state index >= 15 is 0 Å². The largest absolute Gasteiger partial charge is 0.497 e. The van der Waals surface area contributed by atoms with Gasteiger partial charge in [0.05, 0.1) is 19.1 Å². The van der Waals surface area contributed by atoms with Gasteiger partial charge in [0.15, 0.2) is 5.82 Å². The molecule has 0 saturated heterocycles. The Hall–Kier alpha value is -3.86. The van der Waals surface area contributed by atoms with Crippen molar-refractivity contribution in [2.75, 3.05) is 14.2 Å². The van der Waals surface area contributed by atoms with Crippen molar-refractivity contribution in [3.05, 3.63) is 63.0 Å². The van der Waals surface area contributed by atoms with Gasteiger partial charge in [-0.3, -0.25) is 15.2 Å². The Morgan fingerprint density at radius 2 is 1.80 bits per heavy atom. The molecule has 30 heavy (non-hydrogen) atoms. The quantitative estimate of drug-likeness (QED) is 0.238. The summed E-state index contributed by atoms with van der Waals surface area (Å²) in [7, 11) is 3.06. The molecule has 0 spiro atoms. The third-order valence-electron chi connectivity index (χ3n) is 3.90. The molecule has 0 aliphatic rings. The third kappa shape index (κ3) is 4.94. The van der Waals surface area contributed by atoms with Crippen LogP contribution < -0.4 is 9.47 Å². The number of nitrogens with one attached hydrogen (secondary N) is 1. The Morgan fingerprint density at radius 3 is 2.33 bits per heavy atom. The van der Waals surface area contributed by atoms with E-state index in [4.69, 9.17) is 9.47 Å². The average Bonchev–Trinajstić information content (AvgIpc) is 3.21. The number of carboxylic acids is 1. The van der Waals surface area contributed by atoms with Crippen molar-refractivity contribution >= 4 is 29.5 Å². The van der Waals surface area contributed by atoms with Crippen LogP contribution in [-0.2, 0) is 4.79 Å². The number of methoxy groups -OCH3 is 2. The lowest BCUT2D eigenvalue weighted by molar-refractivity contribution is -0.384. The van der Waals surface area contributed by atoms with E-state index in [0.29, 0.717) is 28.5 Å². The van der Waals surface area contributed by atoms with E-state index in [1.54, 1.807) is 18.2 Å². The summed E-state index contributed by atoms with van der Waals surface area (Å²) >= 11 is 0.849. The molecule has 0 radical (unpaired) electrons. The molecular weight excluding hydrogens is 412 g/mol. The molecule has 11 heteroatoms. The molecular formula is C19H16N4O6S. The first-order valence-corrected chi connectivity index (χ1v) is 9.24. The van der Waals surface area contributed by atoms with Crippen molar-refractivity contribution in [2.45, 2.75) is 5.16 Å². The zero-order chi connectivity index (χ0) is 21.7. The zero-order valence-electron chi connectivity index (χ0n) is 15.9. The van der Waals surface area contributed by atoms with Crippen LogP contribution in [0, 0.1) is 10.1 Å². The fourth-order valence-corrected chi connectivity index (χ4v) is 3.15. The number of aliphatic carboxylic acids is 1. The first-order chi connectivity index (χ1) is 14.4. The summed E-state index contributed by atoms with van der Waals surface area (Å²) in [4.78, 5) is 26.1. The van der Waals surface area contributed by atoms with Gasteiger partial charge in [-0.25, -0.2) is 9.78 Å². The number of hydrogen-bond donors (Lipinski definition) is 2. The molecule has 1 aromatic heterocycles. The van der Waals surface area contributed by atoms with Crippen LogP contribution in [0.15, 0.2) is 52.5 Å². The maximum absolute atomic E-state index is 11.6. The summed E-state index contributed by atoms with van der Waals surface area (Å²) < 4.78 is 10.5. The number of rotatable bonds is 8. The van der Waals surface area contributed by atoms with Crippen LogP contribution in [0.25, 0.3) is 17.5 Å². The predicted octanol–water partition coefficient (Wildman–Crippen LogP) is 3.61. The average molecular weight is 428 g/mol. The van der Waals surface area contributed by atoms with E-state index in [1.807, 2.05) is 0 Å². The summed E-state index contributed by atoms with van der Waals surface area (Å²) in [6.07, 6.45) is 1.39. The molecule has 1 heterocycles. The van der Waals surface area contributed by atoms with Crippen molar-refractivity contribution in [1.82, 2.24) is 15.2 Å². The van der Waals surface area contributed by atoms with Crippen LogP contribution in [0.2, 0.25) is 0 Å². The van der Waals surface area contributed by atoms with Crippen molar-refractivity contribution < 1.29 is 24.3 Å². The second-order valence-electron chi connectivity index (χ2n) is 5.83. The molecule has 0 aliphatic carbocycles. The molecule has 3 rings (SSSR count). The summed E-state index contributed by atoms with van der Waals surface area (Å²) in [6, 6.07) is 10.7. The van der Waals surface area contributed by atoms with Crippen molar-refractivity contribution in [1.29, 1.82) is 0 Å². The number of carbonyl (C=O) groups is 1. The minimum absolute atomic E-state index is 0.0439. The van der Waals surface area contributed by atoms with Crippen LogP contribution in [0.1, 0.15) is 5.56 Å². The van der Waals surface area contributed by atoms with Crippen LogP contribution in [-0.4, -0.2) is 45.4 Å². The lowest BCUT2D eigenvalue weighted by atomic mass is 10.2. The fourth-order valence-electron chi connectivity index (χ4n) is 2.44. The minimum atomic E-state index is -1.17. The van der Waals surface area contributed by atoms with Crippen molar-refractivity contribution in [3.63, 3.8) is 0 Å². The van der Waals surface area contributed by atoms with Gasteiger partial charge in [-0.2, -0.15) is 0 Å². The highest BCUT2D eigenvalue weighted by Gasteiger charge is 2.15. The Labute approximate surface area is 174 Å². The number of nitro benzene ring substituents is 1. The van der Waals surface area contributed by atoms with E-state index in [-0.39, 0.29) is 15.7 Å². The van der Waals surface area contributed by atoms with Crippen LogP contribution in [0.5, 0.6) is 11.5 Å². The van der Waals surface area contributed by atoms with Gasteiger partial charge in [0.1, 0.15) is 16.4 Å². The number of H-pyrrole nitrogens is 1. The normalized spacial score (nSPS) is 11.2. The van der Waals surface area contributed by atoms with Gasteiger partial charge in [0.25, 0.3) is 5.69 Å². The van der Waals surface area contributed by atoms with E-state index in [1.165, 1.54) is 44.6 Å². The maximum Gasteiger partial charge on any atom is 0.342 e. The highest BCUT2D eigenvalue weighted by Crippen LogP contribution is 2.31. The molecule has 0 atom stereocenters. The Kier molecular flexibility index (Phi) is 6.32. The molecule has 0 unspecified atom stereocenters. The SMILES string of the molecule is COc1cc(OC)cc(-c2nc(S/C(=C\c3ccc([N+](=O)[O-])cc3)C(=O)O)n[nH]2)c1. The van der Waals surface area contributed by atoms with Gasteiger partial charge in [-0.15, -0.1) is 5.10 Å². The van der Waals surface area contributed by atoms with E-state index in [2.05, 4.69) is 15.2 Å². The highest BCUT2D eigenvalue weighted by atomic mass is 32.2. The Balaban J connectivity index is 1.85. The number of nitro groups is 1. The van der Waals surface area contributed by atoms with Gasteiger partial charge in [-0.1, -0.05) is 0 Å². The molecule has 0 fully saturated rings. The topological polar surface area (TPSA) is 140 Å². The number of aromatic nitrogens is 3. The Bertz CT molecular complexity index is 1090. The molecule has 10 nitrogen and oxygen atoms in total. The van der Waals surface area contributed by atoms with Crippen LogP contribution in [0.4, 0.5) is 5.69 Å². The number of aromatic amines is 1. The summed E-state index contributed by atoms with van der Waals surface area (Å²) in [6.45, 7) is 0. The smallest absolute Gasteiger partial charge is 0.342 e. The Morgan fingerprint density at radius 1 is 1.17 bits per heavy atom. The molecule has 0 aliphatic heterocycles. The molecule has 3 aromatic rings. The summed E-state index contributed by atoms with van der Waals surface area (Å²) in [5.74, 6) is 0.376. The monoisotopic (exact) mass is 428 g/mol. The van der Waals surface area contributed by atoms with Crippen molar-refractivity contribution in [2.24, 2.45) is 0 Å². The highest BCUT2D eigenvalue weighted by molar-refractivity contribution is 8.04. The molecule has 0 saturated carbocycles. The van der Waals surface area contributed by atoms with Gasteiger partial charge >= 0.3 is 5.97 Å². The number of ether oxygens (including phenoxy) is 2. The van der Waals surface area contributed by atoms with Gasteiger partial charge in [0, 0.05) is 23.8 Å². The van der Waals surface area contributed by atoms with Gasteiger partial charge in [0.2, 0.25) is 5.16 Å². The standard InChI is InChI=1S/C19H16N4O6S/c1-28-14-8-12(9-15(10-14)29-2)17-20-19(22-21-17)30-16(18(24)25)7-11-3-5-13(6-4-11)23(26)27/h3-10H,1-2H3,(H,24,25)(H,20,21,22)/b16-7-. The van der Waals surface area contributed by atoms with Gasteiger partial charge in [-0.05, 0) is 47.7 Å². The number of hydrogen-bond acceptors (Lipinski definition) is 8. The number of nitrogens with zero attached hydrogens (tertiary/aromatic N) is 3. The molecule has 0 amide bonds. The van der Waals surface area contributed by atoms with Crippen LogP contribution >= 0.6 is 11.8 Å². The lowest BCUT2D eigenvalue weighted by Crippen LogP contribution is -1.97. The minimum Gasteiger partial charge on any atom is -0.497 e. The van der Waals surface area contributed by atoms with Crippen LogP contribution in [0.3, 0.4) is 0 Å². The van der Waals surface area contributed by atoms with Crippen molar-refractivity contribution in [3.8, 4) is 22.9 Å². The molecule has 2 N–H and O–H groups in total. The second kappa shape index (κ2) is 9.09. The van der Waals surface area contributed by atoms with E-state index in [9.17, 15) is 20.0 Å². The third-order valence-corrected chi connectivity index (χ3v) is 4.78. The number of non-ortho nitro benzene ring substituents is 1. The maximum atomic E-state index is 11.6. The number of carboxylic acid groups (broad SMARTS) is 1. The fraction of sp³-hybridized carbons (Fsp3) is 0.105. The number of benzene rings is 2. The second-order valence-corrected chi connectivity index (χ2v) is 6.84. The molecule has 2 aromatic carbocycles. The lowest BCUT2D eigenvalue weighted by Gasteiger charge is -2.06. The molecule has 154 valence electrons. The number of thioether (sulfide) groups is 1. The predicted molar refractivity (Wildman–Crippen MR) is 109 cm³/mol. The van der Waals surface area contributed by atoms with Gasteiger partial charge < -0.3 is 14.6 Å².